The van der Waals surface area contributed by atoms with Gasteiger partial charge in [0.15, 0.2) is 0 Å². The molecule has 2 aliphatic rings. The van der Waals surface area contributed by atoms with E-state index in [1.165, 1.54) is 0 Å². The number of carbonyl (C=O) groups excluding carboxylic acids is 1. The molecule has 7 heteroatoms. The molecule has 0 aromatic carbocycles. The summed E-state index contributed by atoms with van der Waals surface area (Å²) in [4.78, 5) is 27.1. The fraction of sp³-hybridized carbons (Fsp3) is 0.846. The van der Waals surface area contributed by atoms with Crippen molar-refractivity contribution in [2.45, 2.75) is 19.0 Å². The highest BCUT2D eigenvalue weighted by Gasteiger charge is 2.37. The molecule has 2 rings (SSSR count). The lowest BCUT2D eigenvalue weighted by Crippen LogP contribution is -2.55. The van der Waals surface area contributed by atoms with Gasteiger partial charge < -0.3 is 20.1 Å². The maximum absolute atomic E-state index is 12.5. The van der Waals surface area contributed by atoms with Crippen LogP contribution in [0.4, 0.5) is 0 Å². The highest BCUT2D eigenvalue weighted by atomic mass is 16.5. The van der Waals surface area contributed by atoms with E-state index < -0.39 is 12.0 Å². The van der Waals surface area contributed by atoms with Gasteiger partial charge in [-0.25, -0.2) is 0 Å². The van der Waals surface area contributed by atoms with E-state index in [4.69, 9.17) is 9.84 Å². The molecule has 0 saturated carbocycles. The monoisotopic (exact) mass is 285 g/mol. The van der Waals surface area contributed by atoms with Gasteiger partial charge in [-0.05, 0) is 14.0 Å². The molecule has 0 radical (unpaired) electrons. The van der Waals surface area contributed by atoms with Crippen LogP contribution in [0.25, 0.3) is 0 Å². The average Bonchev–Trinajstić information content (AvgIpc) is 2.94. The summed E-state index contributed by atoms with van der Waals surface area (Å²) >= 11 is 0. The third-order valence-electron chi connectivity index (χ3n) is 4.30. The SMILES string of the molecule is CNC1COCC1C(=O)N1CCN(C(C)C(=O)O)CC1. The summed E-state index contributed by atoms with van der Waals surface area (Å²) in [7, 11) is 1.84. The first-order chi connectivity index (χ1) is 9.54. The molecule has 20 heavy (non-hydrogen) atoms. The van der Waals surface area contributed by atoms with E-state index in [9.17, 15) is 9.59 Å². The van der Waals surface area contributed by atoms with Gasteiger partial charge in [0.1, 0.15) is 6.04 Å². The number of amides is 1. The largest absolute Gasteiger partial charge is 0.480 e. The summed E-state index contributed by atoms with van der Waals surface area (Å²) in [5, 5.41) is 12.1. The van der Waals surface area contributed by atoms with Crippen molar-refractivity contribution in [1.82, 2.24) is 15.1 Å². The Labute approximate surface area is 118 Å². The molecule has 1 amide bonds. The maximum atomic E-state index is 12.5. The topological polar surface area (TPSA) is 82.1 Å². The van der Waals surface area contributed by atoms with E-state index in [1.807, 2.05) is 16.8 Å². The van der Waals surface area contributed by atoms with Gasteiger partial charge in [0, 0.05) is 32.2 Å². The van der Waals surface area contributed by atoms with Crippen LogP contribution in [-0.4, -0.2) is 85.3 Å². The van der Waals surface area contributed by atoms with Gasteiger partial charge in [-0.3, -0.25) is 14.5 Å². The molecule has 2 fully saturated rings. The fourth-order valence-corrected chi connectivity index (χ4v) is 2.80. The Hall–Kier alpha value is -1.18. The molecule has 114 valence electrons. The number of carboxylic acid groups (broad SMARTS) is 1. The summed E-state index contributed by atoms with van der Waals surface area (Å²) in [5.41, 5.74) is 0. The van der Waals surface area contributed by atoms with E-state index >= 15 is 0 Å². The Kier molecular flexibility index (Phi) is 4.95. The Morgan fingerprint density at radius 1 is 1.25 bits per heavy atom. The molecule has 0 aliphatic carbocycles. The smallest absolute Gasteiger partial charge is 0.320 e. The minimum absolute atomic E-state index is 0.0819. The number of hydrogen-bond acceptors (Lipinski definition) is 5. The van der Waals surface area contributed by atoms with E-state index in [1.54, 1.807) is 6.92 Å². The van der Waals surface area contributed by atoms with Gasteiger partial charge in [0.2, 0.25) is 5.91 Å². The van der Waals surface area contributed by atoms with Crippen molar-refractivity contribution >= 4 is 11.9 Å². The van der Waals surface area contributed by atoms with Crippen LogP contribution in [-0.2, 0) is 14.3 Å². The second-order valence-electron chi connectivity index (χ2n) is 5.41. The van der Waals surface area contributed by atoms with Crippen molar-refractivity contribution in [2.24, 2.45) is 5.92 Å². The highest BCUT2D eigenvalue weighted by molar-refractivity contribution is 5.80. The molecule has 3 unspecified atom stereocenters. The van der Waals surface area contributed by atoms with E-state index in [-0.39, 0.29) is 17.9 Å². The summed E-state index contributed by atoms with van der Waals surface area (Å²) < 4.78 is 5.37. The summed E-state index contributed by atoms with van der Waals surface area (Å²) in [6.07, 6.45) is 0. The minimum Gasteiger partial charge on any atom is -0.480 e. The number of piperazine rings is 1. The van der Waals surface area contributed by atoms with Crippen LogP contribution in [0.2, 0.25) is 0 Å². The van der Waals surface area contributed by atoms with Crippen LogP contribution in [0.15, 0.2) is 0 Å². The van der Waals surface area contributed by atoms with Crippen LogP contribution in [0.5, 0.6) is 0 Å². The number of carboxylic acids is 1. The first-order valence-corrected chi connectivity index (χ1v) is 7.05. The van der Waals surface area contributed by atoms with Gasteiger partial charge in [0.05, 0.1) is 19.1 Å². The number of rotatable bonds is 4. The van der Waals surface area contributed by atoms with Crippen LogP contribution in [0, 0.1) is 5.92 Å². The van der Waals surface area contributed by atoms with Gasteiger partial charge >= 0.3 is 5.97 Å². The van der Waals surface area contributed by atoms with Crippen molar-refractivity contribution in [3.63, 3.8) is 0 Å². The Bertz CT molecular complexity index is 369. The van der Waals surface area contributed by atoms with E-state index in [0.717, 1.165) is 0 Å². The third kappa shape index (κ3) is 3.11. The lowest BCUT2D eigenvalue weighted by molar-refractivity contribution is -0.144. The Morgan fingerprint density at radius 3 is 2.45 bits per heavy atom. The van der Waals surface area contributed by atoms with Gasteiger partial charge in [-0.15, -0.1) is 0 Å². The molecule has 2 saturated heterocycles. The predicted molar refractivity (Wildman–Crippen MR) is 72.4 cm³/mol. The van der Waals surface area contributed by atoms with Gasteiger partial charge in [0.25, 0.3) is 0 Å². The van der Waals surface area contributed by atoms with Crippen molar-refractivity contribution in [2.75, 3.05) is 46.4 Å². The number of hydrogen-bond donors (Lipinski definition) is 2. The van der Waals surface area contributed by atoms with Crippen LogP contribution in [0.1, 0.15) is 6.92 Å². The van der Waals surface area contributed by atoms with Crippen molar-refractivity contribution in [1.29, 1.82) is 0 Å². The fourth-order valence-electron chi connectivity index (χ4n) is 2.80. The quantitative estimate of drug-likeness (QED) is 0.678. The van der Waals surface area contributed by atoms with Crippen molar-refractivity contribution in [3.05, 3.63) is 0 Å². The summed E-state index contributed by atoms with van der Waals surface area (Å²) in [6.45, 7) is 5.11. The first kappa shape index (κ1) is 15.2. The molecule has 2 N–H and O–H groups in total. The standard InChI is InChI=1S/C13H23N3O4/c1-9(13(18)19)15-3-5-16(6-4-15)12(17)10-7-20-8-11(10)14-2/h9-11,14H,3-8H2,1-2H3,(H,18,19). The van der Waals surface area contributed by atoms with Crippen molar-refractivity contribution in [3.8, 4) is 0 Å². The van der Waals surface area contributed by atoms with E-state index in [0.29, 0.717) is 39.4 Å². The molecule has 2 aliphatic heterocycles. The molecule has 0 bridgehead atoms. The average molecular weight is 285 g/mol. The number of ether oxygens (including phenoxy) is 1. The number of aliphatic carboxylic acids is 1. The zero-order chi connectivity index (χ0) is 14.7. The van der Waals surface area contributed by atoms with E-state index in [2.05, 4.69) is 5.32 Å². The minimum atomic E-state index is -0.816. The molecular weight excluding hydrogens is 262 g/mol. The molecule has 7 nitrogen and oxygen atoms in total. The van der Waals surface area contributed by atoms with Crippen LogP contribution in [0.3, 0.4) is 0 Å². The van der Waals surface area contributed by atoms with Gasteiger partial charge in [-0.1, -0.05) is 0 Å². The number of likely N-dealkylation sites (N-methyl/N-ethyl adjacent to an activating group) is 1. The van der Waals surface area contributed by atoms with Crippen LogP contribution < -0.4 is 5.32 Å². The van der Waals surface area contributed by atoms with Crippen LogP contribution >= 0.6 is 0 Å². The number of nitrogens with one attached hydrogen (secondary N) is 1. The normalized spacial score (nSPS) is 29.4. The molecule has 0 aromatic heterocycles. The number of carbonyl (C=O) groups is 2. The molecule has 0 spiro atoms. The molecule has 3 atom stereocenters. The maximum Gasteiger partial charge on any atom is 0.320 e. The molecule has 0 aromatic rings. The first-order valence-electron chi connectivity index (χ1n) is 7.05. The zero-order valence-corrected chi connectivity index (χ0v) is 12.0. The predicted octanol–water partition coefficient (Wildman–Crippen LogP) is -1.16. The second kappa shape index (κ2) is 6.51. The highest BCUT2D eigenvalue weighted by Crippen LogP contribution is 2.18. The van der Waals surface area contributed by atoms with Crippen molar-refractivity contribution < 1.29 is 19.4 Å². The lowest BCUT2D eigenvalue weighted by Gasteiger charge is -2.38. The molecular formula is C13H23N3O4. The molecule has 2 heterocycles. The Morgan fingerprint density at radius 2 is 1.90 bits per heavy atom. The summed E-state index contributed by atoms with van der Waals surface area (Å²) in [5.74, 6) is -0.822. The zero-order valence-electron chi connectivity index (χ0n) is 12.0. The second-order valence-corrected chi connectivity index (χ2v) is 5.41. The third-order valence-corrected chi connectivity index (χ3v) is 4.30. The Balaban J connectivity index is 1.87. The lowest BCUT2D eigenvalue weighted by atomic mass is 10.0. The number of nitrogens with zero attached hydrogens (tertiary/aromatic N) is 2. The summed E-state index contributed by atoms with van der Waals surface area (Å²) in [6, 6.07) is -0.411. The van der Waals surface area contributed by atoms with Gasteiger partial charge in [-0.2, -0.15) is 0 Å².